The first-order valence-corrected chi connectivity index (χ1v) is 8.19. The Morgan fingerprint density at radius 3 is 2.90 bits per heavy atom. The van der Waals surface area contributed by atoms with Gasteiger partial charge >= 0.3 is 5.97 Å². The lowest BCUT2D eigenvalue weighted by Gasteiger charge is -2.25. The highest BCUT2D eigenvalue weighted by atomic mass is 32.2. The third-order valence-corrected chi connectivity index (χ3v) is 4.80. The standard InChI is InChI=1S/C17H19NO2S/c1-2-20-17(19)15-9-6-10-18-12-14(21-16(15)18)11-13-7-4-3-5-8-13/h3-5,7-8,12H,2,6,9-11H2,1H3. The zero-order valence-electron chi connectivity index (χ0n) is 12.2. The van der Waals surface area contributed by atoms with Crippen LogP contribution in [0.1, 0.15) is 25.3 Å². The number of esters is 1. The average molecular weight is 301 g/mol. The molecule has 0 bridgehead atoms. The van der Waals surface area contributed by atoms with Gasteiger partial charge in [-0.2, -0.15) is 0 Å². The summed E-state index contributed by atoms with van der Waals surface area (Å²) in [4.78, 5) is 15.6. The third kappa shape index (κ3) is 3.16. The molecule has 3 rings (SSSR count). The van der Waals surface area contributed by atoms with Crippen molar-refractivity contribution in [2.75, 3.05) is 13.2 Å². The van der Waals surface area contributed by atoms with Crippen LogP contribution in [0.4, 0.5) is 0 Å². The van der Waals surface area contributed by atoms with Crippen LogP contribution >= 0.6 is 11.8 Å². The highest BCUT2D eigenvalue weighted by Gasteiger charge is 2.29. The number of thioether (sulfide) groups is 1. The van der Waals surface area contributed by atoms with Crippen LogP contribution in [0.25, 0.3) is 0 Å². The van der Waals surface area contributed by atoms with Crippen LogP contribution in [0.5, 0.6) is 0 Å². The van der Waals surface area contributed by atoms with Crippen molar-refractivity contribution >= 4 is 17.7 Å². The number of hydrogen-bond donors (Lipinski definition) is 0. The highest BCUT2D eigenvalue weighted by molar-refractivity contribution is 8.07. The van der Waals surface area contributed by atoms with Gasteiger partial charge in [0.2, 0.25) is 0 Å². The van der Waals surface area contributed by atoms with Crippen LogP contribution in [0.15, 0.2) is 52.0 Å². The first-order valence-electron chi connectivity index (χ1n) is 7.37. The van der Waals surface area contributed by atoms with Crippen molar-refractivity contribution in [3.8, 4) is 0 Å². The van der Waals surface area contributed by atoms with E-state index in [1.54, 1.807) is 11.8 Å². The van der Waals surface area contributed by atoms with Gasteiger partial charge in [0.1, 0.15) is 0 Å². The number of carbonyl (C=O) groups excluding carboxylic acids is 1. The van der Waals surface area contributed by atoms with Crippen LogP contribution in [-0.4, -0.2) is 24.0 Å². The van der Waals surface area contributed by atoms with Gasteiger partial charge in [-0.15, -0.1) is 0 Å². The van der Waals surface area contributed by atoms with E-state index in [-0.39, 0.29) is 5.97 Å². The Kier molecular flexibility index (Phi) is 4.34. The van der Waals surface area contributed by atoms with E-state index in [2.05, 4.69) is 35.4 Å². The van der Waals surface area contributed by atoms with E-state index in [9.17, 15) is 4.79 Å². The molecule has 0 N–H and O–H groups in total. The molecule has 0 atom stereocenters. The Balaban J connectivity index is 1.77. The van der Waals surface area contributed by atoms with Gasteiger partial charge < -0.3 is 9.64 Å². The third-order valence-electron chi connectivity index (χ3n) is 3.62. The maximum atomic E-state index is 12.1. The van der Waals surface area contributed by atoms with Gasteiger partial charge in [-0.1, -0.05) is 42.1 Å². The number of rotatable bonds is 4. The molecule has 0 radical (unpaired) electrons. The molecule has 0 saturated carbocycles. The number of benzene rings is 1. The molecular weight excluding hydrogens is 282 g/mol. The monoisotopic (exact) mass is 301 g/mol. The maximum absolute atomic E-state index is 12.1. The van der Waals surface area contributed by atoms with Gasteiger partial charge in [0.25, 0.3) is 0 Å². The first kappa shape index (κ1) is 14.3. The van der Waals surface area contributed by atoms with E-state index in [1.807, 2.05) is 13.0 Å². The second-order valence-electron chi connectivity index (χ2n) is 5.16. The summed E-state index contributed by atoms with van der Waals surface area (Å²) in [6, 6.07) is 10.4. The van der Waals surface area contributed by atoms with E-state index in [0.717, 1.165) is 36.4 Å². The van der Waals surface area contributed by atoms with Crippen molar-refractivity contribution < 1.29 is 9.53 Å². The minimum Gasteiger partial charge on any atom is -0.463 e. The van der Waals surface area contributed by atoms with Gasteiger partial charge in [0.15, 0.2) is 0 Å². The number of allylic oxidation sites excluding steroid dienone is 1. The molecule has 0 aliphatic carbocycles. The lowest BCUT2D eigenvalue weighted by molar-refractivity contribution is -0.138. The van der Waals surface area contributed by atoms with Gasteiger partial charge in [-0.3, -0.25) is 0 Å². The van der Waals surface area contributed by atoms with E-state index >= 15 is 0 Å². The topological polar surface area (TPSA) is 29.5 Å². The molecule has 21 heavy (non-hydrogen) atoms. The lowest BCUT2D eigenvalue weighted by Crippen LogP contribution is -2.23. The van der Waals surface area contributed by atoms with Crippen molar-refractivity contribution in [1.29, 1.82) is 0 Å². The molecule has 4 heteroatoms. The maximum Gasteiger partial charge on any atom is 0.336 e. The second kappa shape index (κ2) is 6.39. The molecule has 0 saturated heterocycles. The van der Waals surface area contributed by atoms with Gasteiger partial charge in [0, 0.05) is 24.1 Å². The van der Waals surface area contributed by atoms with Gasteiger partial charge in [0.05, 0.1) is 17.2 Å². The molecule has 110 valence electrons. The van der Waals surface area contributed by atoms with Crippen molar-refractivity contribution in [3.63, 3.8) is 0 Å². The molecule has 3 nitrogen and oxygen atoms in total. The summed E-state index contributed by atoms with van der Waals surface area (Å²) in [5.41, 5.74) is 2.14. The summed E-state index contributed by atoms with van der Waals surface area (Å²) < 4.78 is 5.18. The fourth-order valence-electron chi connectivity index (χ4n) is 2.66. The van der Waals surface area contributed by atoms with Crippen LogP contribution in [-0.2, 0) is 16.0 Å². The van der Waals surface area contributed by atoms with Crippen molar-refractivity contribution in [2.45, 2.75) is 26.2 Å². The molecule has 0 spiro atoms. The zero-order valence-corrected chi connectivity index (χ0v) is 13.0. The molecule has 0 fully saturated rings. The summed E-state index contributed by atoms with van der Waals surface area (Å²) in [5, 5.41) is 1.07. The van der Waals surface area contributed by atoms with E-state index in [1.165, 1.54) is 10.5 Å². The minimum absolute atomic E-state index is 0.154. The van der Waals surface area contributed by atoms with Crippen LogP contribution in [0.3, 0.4) is 0 Å². The van der Waals surface area contributed by atoms with Gasteiger partial charge in [-0.25, -0.2) is 4.79 Å². The number of carbonyl (C=O) groups is 1. The predicted octanol–water partition coefficient (Wildman–Crippen LogP) is 3.69. The largest absolute Gasteiger partial charge is 0.463 e. The smallest absolute Gasteiger partial charge is 0.336 e. The zero-order chi connectivity index (χ0) is 14.7. The summed E-state index contributed by atoms with van der Waals surface area (Å²) in [6.45, 7) is 3.28. The molecule has 0 unspecified atom stereocenters. The number of fused-ring (bicyclic) bond motifs is 1. The molecule has 1 aromatic rings. The van der Waals surface area contributed by atoms with Crippen LogP contribution in [0.2, 0.25) is 0 Å². The molecule has 2 aliphatic heterocycles. The lowest BCUT2D eigenvalue weighted by atomic mass is 10.1. The fourth-order valence-corrected chi connectivity index (χ4v) is 3.90. The molecule has 1 aromatic carbocycles. The fraction of sp³-hybridized carbons (Fsp3) is 0.353. The predicted molar refractivity (Wildman–Crippen MR) is 85.4 cm³/mol. The van der Waals surface area contributed by atoms with Crippen LogP contribution < -0.4 is 0 Å². The molecule has 0 amide bonds. The Morgan fingerprint density at radius 2 is 2.14 bits per heavy atom. The van der Waals surface area contributed by atoms with E-state index < -0.39 is 0 Å². The Bertz CT molecular complexity index is 592. The van der Waals surface area contributed by atoms with E-state index in [0.29, 0.717) is 6.61 Å². The summed E-state index contributed by atoms with van der Waals surface area (Å²) in [7, 11) is 0. The van der Waals surface area contributed by atoms with Crippen molar-refractivity contribution in [1.82, 2.24) is 4.90 Å². The quantitative estimate of drug-likeness (QED) is 0.793. The number of ether oxygens (including phenoxy) is 1. The molecule has 0 aromatic heterocycles. The minimum atomic E-state index is -0.154. The van der Waals surface area contributed by atoms with E-state index in [4.69, 9.17) is 4.74 Å². The molecule has 2 heterocycles. The Morgan fingerprint density at radius 1 is 1.33 bits per heavy atom. The second-order valence-corrected chi connectivity index (χ2v) is 6.28. The van der Waals surface area contributed by atoms with Crippen LogP contribution in [0, 0.1) is 0 Å². The summed E-state index contributed by atoms with van der Waals surface area (Å²) >= 11 is 1.72. The average Bonchev–Trinajstić information content (AvgIpc) is 2.90. The Labute approximate surface area is 129 Å². The number of hydrogen-bond acceptors (Lipinski definition) is 4. The first-order chi connectivity index (χ1) is 10.3. The normalized spacial score (nSPS) is 17.6. The Hall–Kier alpha value is -1.68. The summed E-state index contributed by atoms with van der Waals surface area (Å²) in [6.07, 6.45) is 4.93. The highest BCUT2D eigenvalue weighted by Crippen LogP contribution is 2.43. The van der Waals surface area contributed by atoms with Gasteiger partial charge in [-0.05, 0) is 25.3 Å². The van der Waals surface area contributed by atoms with Crippen molar-refractivity contribution in [3.05, 3.63) is 57.6 Å². The SMILES string of the molecule is CCOC(=O)C1=C2SC(Cc3ccccc3)=CN2CCC1. The number of nitrogens with zero attached hydrogens (tertiary/aromatic N) is 1. The summed E-state index contributed by atoms with van der Waals surface area (Å²) in [5.74, 6) is -0.154. The van der Waals surface area contributed by atoms with Crippen molar-refractivity contribution in [2.24, 2.45) is 0 Å². The molecule has 2 aliphatic rings. The molecular formula is C17H19NO2S.